The third-order valence-electron chi connectivity index (χ3n) is 5.44. The molecular formula is C20H24N4O3S. The molecule has 148 valence electrons. The standard InChI is InChI=1S/C20H24N4O3S/c25-20(16-11-21-19(22-12-16)15-7-3-1-4-8-15)23-17-13-28(26,27)14-18(17)24-9-5-2-6-10-24/h1,3-4,7-8,11-12,17-18H,2,5-6,9-10,13-14H2,(H,23,25). The number of hydrogen-bond donors (Lipinski definition) is 1. The number of nitrogens with zero attached hydrogens (tertiary/aromatic N) is 3. The molecule has 0 bridgehead atoms. The number of nitrogens with one attached hydrogen (secondary N) is 1. The van der Waals surface area contributed by atoms with Crippen LogP contribution in [0.25, 0.3) is 11.4 Å². The lowest BCUT2D eigenvalue weighted by Crippen LogP contribution is -2.52. The molecule has 7 nitrogen and oxygen atoms in total. The lowest BCUT2D eigenvalue weighted by molar-refractivity contribution is 0.0899. The number of carbonyl (C=O) groups is 1. The molecule has 3 heterocycles. The van der Waals surface area contributed by atoms with E-state index in [-0.39, 0.29) is 23.5 Å². The topological polar surface area (TPSA) is 92.3 Å². The van der Waals surface area contributed by atoms with Crippen LogP contribution in [0.1, 0.15) is 29.6 Å². The van der Waals surface area contributed by atoms with Crippen LogP contribution in [0.5, 0.6) is 0 Å². The van der Waals surface area contributed by atoms with Crippen LogP contribution in [0.2, 0.25) is 0 Å². The van der Waals surface area contributed by atoms with Gasteiger partial charge in [0.25, 0.3) is 5.91 Å². The molecule has 1 aromatic heterocycles. The average molecular weight is 401 g/mol. The predicted octanol–water partition coefficient (Wildman–Crippen LogP) is 1.52. The van der Waals surface area contributed by atoms with Gasteiger partial charge < -0.3 is 5.32 Å². The number of carbonyl (C=O) groups excluding carboxylic acids is 1. The first-order valence-corrected chi connectivity index (χ1v) is 11.5. The van der Waals surface area contributed by atoms with Gasteiger partial charge in [-0.1, -0.05) is 36.8 Å². The molecule has 1 amide bonds. The molecule has 2 atom stereocenters. The summed E-state index contributed by atoms with van der Waals surface area (Å²) in [5.41, 5.74) is 1.21. The third kappa shape index (κ3) is 4.23. The highest BCUT2D eigenvalue weighted by Crippen LogP contribution is 2.23. The first kappa shape index (κ1) is 19.0. The molecular weight excluding hydrogens is 376 g/mol. The summed E-state index contributed by atoms with van der Waals surface area (Å²) in [5.74, 6) is 0.320. The van der Waals surface area contributed by atoms with E-state index in [1.807, 2.05) is 30.3 Å². The van der Waals surface area contributed by atoms with Gasteiger partial charge in [0, 0.05) is 24.0 Å². The fourth-order valence-corrected chi connectivity index (χ4v) is 5.96. The molecule has 2 unspecified atom stereocenters. The van der Waals surface area contributed by atoms with Gasteiger partial charge in [-0.2, -0.15) is 0 Å². The van der Waals surface area contributed by atoms with E-state index in [1.54, 1.807) is 0 Å². The van der Waals surface area contributed by atoms with Crippen LogP contribution in [0.4, 0.5) is 0 Å². The van der Waals surface area contributed by atoms with Crippen LogP contribution in [0.3, 0.4) is 0 Å². The monoisotopic (exact) mass is 400 g/mol. The normalized spacial score (nSPS) is 24.7. The highest BCUT2D eigenvalue weighted by atomic mass is 32.2. The lowest BCUT2D eigenvalue weighted by atomic mass is 10.0. The van der Waals surface area contributed by atoms with E-state index in [2.05, 4.69) is 20.2 Å². The Labute approximate surface area is 165 Å². The summed E-state index contributed by atoms with van der Waals surface area (Å²) in [6.07, 6.45) is 6.31. The van der Waals surface area contributed by atoms with E-state index in [1.165, 1.54) is 18.8 Å². The van der Waals surface area contributed by atoms with Gasteiger partial charge in [0.2, 0.25) is 0 Å². The minimum atomic E-state index is -3.15. The van der Waals surface area contributed by atoms with Gasteiger partial charge in [0.15, 0.2) is 15.7 Å². The molecule has 2 fully saturated rings. The summed E-state index contributed by atoms with van der Waals surface area (Å²) >= 11 is 0. The summed E-state index contributed by atoms with van der Waals surface area (Å²) in [7, 11) is -3.15. The van der Waals surface area contributed by atoms with Gasteiger partial charge in [-0.15, -0.1) is 0 Å². The first-order valence-electron chi connectivity index (χ1n) is 9.65. The molecule has 2 aromatic rings. The van der Waals surface area contributed by atoms with Crippen LogP contribution < -0.4 is 5.32 Å². The second-order valence-electron chi connectivity index (χ2n) is 7.48. The van der Waals surface area contributed by atoms with Gasteiger partial charge in [0.05, 0.1) is 23.1 Å². The number of aromatic nitrogens is 2. The van der Waals surface area contributed by atoms with Gasteiger partial charge >= 0.3 is 0 Å². The Balaban J connectivity index is 1.47. The molecule has 8 heteroatoms. The number of likely N-dealkylation sites (tertiary alicyclic amines) is 1. The quantitative estimate of drug-likeness (QED) is 0.837. The smallest absolute Gasteiger partial charge is 0.254 e. The summed E-state index contributed by atoms with van der Waals surface area (Å²) in [6, 6.07) is 8.98. The van der Waals surface area contributed by atoms with Crippen molar-refractivity contribution in [3.8, 4) is 11.4 Å². The summed E-state index contributed by atoms with van der Waals surface area (Å²) in [6.45, 7) is 1.78. The Bertz CT molecular complexity index is 926. The minimum absolute atomic E-state index is 0.0110. The van der Waals surface area contributed by atoms with Crippen molar-refractivity contribution < 1.29 is 13.2 Å². The third-order valence-corrected chi connectivity index (χ3v) is 7.16. The molecule has 28 heavy (non-hydrogen) atoms. The van der Waals surface area contributed by atoms with Crippen LogP contribution in [-0.2, 0) is 9.84 Å². The van der Waals surface area contributed by atoms with Crippen molar-refractivity contribution in [3.05, 3.63) is 48.3 Å². The van der Waals surface area contributed by atoms with E-state index in [0.717, 1.165) is 31.5 Å². The number of benzene rings is 1. The lowest BCUT2D eigenvalue weighted by Gasteiger charge is -2.34. The van der Waals surface area contributed by atoms with Gasteiger partial charge in [-0.25, -0.2) is 18.4 Å². The van der Waals surface area contributed by atoms with Crippen molar-refractivity contribution in [3.63, 3.8) is 0 Å². The summed E-state index contributed by atoms with van der Waals surface area (Å²) in [4.78, 5) is 23.5. The highest BCUT2D eigenvalue weighted by molar-refractivity contribution is 7.91. The second kappa shape index (κ2) is 7.97. The van der Waals surface area contributed by atoms with Crippen molar-refractivity contribution in [1.29, 1.82) is 0 Å². The maximum Gasteiger partial charge on any atom is 0.254 e. The molecule has 2 aliphatic heterocycles. The zero-order valence-corrected chi connectivity index (χ0v) is 16.4. The average Bonchev–Trinajstić information content (AvgIpc) is 3.03. The molecule has 0 saturated carbocycles. The van der Waals surface area contributed by atoms with Crippen molar-refractivity contribution in [2.75, 3.05) is 24.6 Å². The Morgan fingerprint density at radius 1 is 1.00 bits per heavy atom. The summed E-state index contributed by atoms with van der Waals surface area (Å²) in [5, 5.41) is 2.92. The summed E-state index contributed by atoms with van der Waals surface area (Å²) < 4.78 is 24.4. The maximum atomic E-state index is 12.7. The minimum Gasteiger partial charge on any atom is -0.347 e. The molecule has 0 spiro atoms. The number of sulfone groups is 1. The Hall–Kier alpha value is -2.32. The van der Waals surface area contributed by atoms with E-state index < -0.39 is 15.9 Å². The van der Waals surface area contributed by atoms with Gasteiger partial charge in [0.1, 0.15) is 0 Å². The Morgan fingerprint density at radius 2 is 1.68 bits per heavy atom. The van der Waals surface area contributed by atoms with E-state index in [4.69, 9.17) is 0 Å². The highest BCUT2D eigenvalue weighted by Gasteiger charge is 2.42. The first-order chi connectivity index (χ1) is 13.5. The van der Waals surface area contributed by atoms with Crippen molar-refractivity contribution in [2.24, 2.45) is 0 Å². The van der Waals surface area contributed by atoms with E-state index in [0.29, 0.717) is 11.4 Å². The number of piperidine rings is 1. The zero-order chi connectivity index (χ0) is 19.6. The van der Waals surface area contributed by atoms with Crippen LogP contribution in [0, 0.1) is 0 Å². The van der Waals surface area contributed by atoms with Crippen LogP contribution in [-0.4, -0.2) is 65.9 Å². The second-order valence-corrected chi connectivity index (χ2v) is 9.64. The fourth-order valence-electron chi connectivity index (χ4n) is 4.01. The van der Waals surface area contributed by atoms with Crippen molar-refractivity contribution >= 4 is 15.7 Å². The van der Waals surface area contributed by atoms with Crippen LogP contribution >= 0.6 is 0 Å². The van der Waals surface area contributed by atoms with Crippen molar-refractivity contribution in [2.45, 2.75) is 31.3 Å². The molecule has 0 aliphatic carbocycles. The molecule has 1 aromatic carbocycles. The van der Waals surface area contributed by atoms with Crippen LogP contribution in [0.15, 0.2) is 42.7 Å². The number of hydrogen-bond acceptors (Lipinski definition) is 6. The molecule has 1 N–H and O–H groups in total. The van der Waals surface area contributed by atoms with Crippen molar-refractivity contribution in [1.82, 2.24) is 20.2 Å². The largest absolute Gasteiger partial charge is 0.347 e. The SMILES string of the molecule is O=C(NC1CS(=O)(=O)CC1N1CCCCC1)c1cnc(-c2ccccc2)nc1. The zero-order valence-electron chi connectivity index (χ0n) is 15.6. The number of rotatable bonds is 4. The Kier molecular flexibility index (Phi) is 5.41. The molecule has 4 rings (SSSR count). The molecule has 2 saturated heterocycles. The van der Waals surface area contributed by atoms with Gasteiger partial charge in [-0.3, -0.25) is 9.69 Å². The number of amides is 1. The fraction of sp³-hybridized carbons (Fsp3) is 0.450. The molecule has 2 aliphatic rings. The van der Waals surface area contributed by atoms with E-state index in [9.17, 15) is 13.2 Å². The predicted molar refractivity (Wildman–Crippen MR) is 107 cm³/mol. The van der Waals surface area contributed by atoms with Gasteiger partial charge in [-0.05, 0) is 25.9 Å². The van der Waals surface area contributed by atoms with E-state index >= 15 is 0 Å². The maximum absolute atomic E-state index is 12.7. The Morgan fingerprint density at radius 3 is 2.36 bits per heavy atom. The molecule has 0 radical (unpaired) electrons.